The van der Waals surface area contributed by atoms with Gasteiger partial charge in [-0.15, -0.1) is 11.6 Å². The Morgan fingerprint density at radius 2 is 2.27 bits per heavy atom. The molecular weight excluding hydrogens is 212 g/mol. The van der Waals surface area contributed by atoms with Gasteiger partial charge in [-0.25, -0.2) is 0 Å². The summed E-state index contributed by atoms with van der Waals surface area (Å²) in [4.78, 5) is 6.14. The number of nitrogens with zero attached hydrogens (tertiary/aromatic N) is 2. The third kappa shape index (κ3) is 4.49. The standard InChI is InChI=1S/C11H17ClN2O/c1-14(2)6-3-7-15-11-4-5-13-9-10(11)8-12/h4-5,9H,3,6-8H2,1-2H3. The minimum Gasteiger partial charge on any atom is -0.493 e. The van der Waals surface area contributed by atoms with Crippen molar-refractivity contribution in [1.82, 2.24) is 9.88 Å². The molecule has 15 heavy (non-hydrogen) atoms. The lowest BCUT2D eigenvalue weighted by molar-refractivity contribution is 0.280. The van der Waals surface area contributed by atoms with Crippen LogP contribution in [0.15, 0.2) is 18.5 Å². The van der Waals surface area contributed by atoms with Gasteiger partial charge in [0, 0.05) is 24.5 Å². The minimum absolute atomic E-state index is 0.441. The van der Waals surface area contributed by atoms with E-state index in [-0.39, 0.29) is 0 Å². The molecule has 0 atom stereocenters. The number of ether oxygens (including phenoxy) is 1. The van der Waals surface area contributed by atoms with Gasteiger partial charge in [-0.2, -0.15) is 0 Å². The highest BCUT2D eigenvalue weighted by molar-refractivity contribution is 6.17. The molecule has 1 heterocycles. The van der Waals surface area contributed by atoms with Crippen LogP contribution in [0.4, 0.5) is 0 Å². The van der Waals surface area contributed by atoms with E-state index < -0.39 is 0 Å². The normalized spacial score (nSPS) is 10.7. The van der Waals surface area contributed by atoms with Gasteiger partial charge in [0.2, 0.25) is 0 Å². The largest absolute Gasteiger partial charge is 0.493 e. The molecule has 4 heteroatoms. The van der Waals surface area contributed by atoms with E-state index in [1.54, 1.807) is 12.4 Å². The smallest absolute Gasteiger partial charge is 0.126 e. The number of rotatable bonds is 6. The molecule has 0 unspecified atom stereocenters. The average Bonchev–Trinajstić information content (AvgIpc) is 2.24. The molecule has 0 N–H and O–H groups in total. The van der Waals surface area contributed by atoms with Gasteiger partial charge in [0.1, 0.15) is 5.75 Å². The van der Waals surface area contributed by atoms with Crippen molar-refractivity contribution in [2.45, 2.75) is 12.3 Å². The lowest BCUT2D eigenvalue weighted by Crippen LogP contribution is -2.15. The van der Waals surface area contributed by atoms with Crippen LogP contribution in [0.3, 0.4) is 0 Å². The van der Waals surface area contributed by atoms with E-state index in [9.17, 15) is 0 Å². The SMILES string of the molecule is CN(C)CCCOc1ccncc1CCl. The zero-order chi connectivity index (χ0) is 11.1. The van der Waals surface area contributed by atoms with E-state index in [4.69, 9.17) is 16.3 Å². The molecule has 0 aliphatic heterocycles. The monoisotopic (exact) mass is 228 g/mol. The zero-order valence-electron chi connectivity index (χ0n) is 9.24. The summed E-state index contributed by atoms with van der Waals surface area (Å²) in [7, 11) is 4.10. The van der Waals surface area contributed by atoms with Gasteiger partial charge >= 0.3 is 0 Å². The van der Waals surface area contributed by atoms with Crippen molar-refractivity contribution in [3.8, 4) is 5.75 Å². The maximum atomic E-state index is 5.77. The van der Waals surface area contributed by atoms with Gasteiger partial charge in [-0.3, -0.25) is 4.98 Å². The van der Waals surface area contributed by atoms with Crippen LogP contribution in [0.2, 0.25) is 0 Å². The Labute approximate surface area is 96.0 Å². The molecule has 0 radical (unpaired) electrons. The first kappa shape index (κ1) is 12.3. The number of hydrogen-bond acceptors (Lipinski definition) is 3. The van der Waals surface area contributed by atoms with Crippen LogP contribution in [-0.4, -0.2) is 37.1 Å². The first-order chi connectivity index (χ1) is 7.24. The van der Waals surface area contributed by atoms with E-state index in [0.717, 1.165) is 24.3 Å². The predicted molar refractivity (Wildman–Crippen MR) is 62.5 cm³/mol. The third-order valence-corrected chi connectivity index (χ3v) is 2.30. The highest BCUT2D eigenvalue weighted by Gasteiger charge is 2.01. The summed E-state index contributed by atoms with van der Waals surface area (Å²) < 4.78 is 5.63. The summed E-state index contributed by atoms with van der Waals surface area (Å²) in [6.45, 7) is 1.74. The summed E-state index contributed by atoms with van der Waals surface area (Å²) in [5.41, 5.74) is 0.948. The Hall–Kier alpha value is -0.800. The fraction of sp³-hybridized carbons (Fsp3) is 0.545. The summed E-state index contributed by atoms with van der Waals surface area (Å²) in [6, 6.07) is 1.85. The molecule has 0 bridgehead atoms. The number of aromatic nitrogens is 1. The molecule has 0 amide bonds. The lowest BCUT2D eigenvalue weighted by Gasteiger charge is -2.11. The van der Waals surface area contributed by atoms with Crippen LogP contribution in [0.1, 0.15) is 12.0 Å². The van der Waals surface area contributed by atoms with Gasteiger partial charge in [-0.1, -0.05) is 0 Å². The number of halogens is 1. The van der Waals surface area contributed by atoms with E-state index in [1.807, 2.05) is 6.07 Å². The molecule has 1 aromatic heterocycles. The minimum atomic E-state index is 0.441. The summed E-state index contributed by atoms with van der Waals surface area (Å²) in [5, 5.41) is 0. The van der Waals surface area contributed by atoms with Gasteiger partial charge in [0.15, 0.2) is 0 Å². The molecule has 0 saturated heterocycles. The first-order valence-electron chi connectivity index (χ1n) is 5.00. The zero-order valence-corrected chi connectivity index (χ0v) is 10.00. The van der Waals surface area contributed by atoms with Gasteiger partial charge in [0.25, 0.3) is 0 Å². The van der Waals surface area contributed by atoms with Crippen LogP contribution in [0.5, 0.6) is 5.75 Å². The van der Waals surface area contributed by atoms with Gasteiger partial charge < -0.3 is 9.64 Å². The van der Waals surface area contributed by atoms with E-state index >= 15 is 0 Å². The third-order valence-electron chi connectivity index (χ3n) is 2.01. The van der Waals surface area contributed by atoms with Crippen LogP contribution in [0.25, 0.3) is 0 Å². The highest BCUT2D eigenvalue weighted by Crippen LogP contribution is 2.18. The molecule has 84 valence electrons. The molecule has 0 spiro atoms. The lowest BCUT2D eigenvalue weighted by atomic mass is 10.3. The van der Waals surface area contributed by atoms with Crippen LogP contribution < -0.4 is 4.74 Å². The van der Waals surface area contributed by atoms with E-state index in [1.165, 1.54) is 0 Å². The van der Waals surface area contributed by atoms with Crippen molar-refractivity contribution in [2.75, 3.05) is 27.2 Å². The Morgan fingerprint density at radius 3 is 2.93 bits per heavy atom. The molecule has 1 aromatic rings. The first-order valence-corrected chi connectivity index (χ1v) is 5.54. The maximum absolute atomic E-state index is 5.77. The number of alkyl halides is 1. The van der Waals surface area contributed by atoms with Crippen molar-refractivity contribution in [3.05, 3.63) is 24.0 Å². The van der Waals surface area contributed by atoms with Crippen molar-refractivity contribution in [2.24, 2.45) is 0 Å². The Kier molecular flexibility index (Phi) is 5.43. The molecule has 1 rings (SSSR count). The Balaban J connectivity index is 2.36. The maximum Gasteiger partial charge on any atom is 0.126 e. The topological polar surface area (TPSA) is 25.4 Å². The summed E-state index contributed by atoms with van der Waals surface area (Å²) in [6.07, 6.45) is 4.47. The molecular formula is C11H17ClN2O. The molecule has 0 aromatic carbocycles. The Morgan fingerprint density at radius 1 is 1.47 bits per heavy atom. The van der Waals surface area contributed by atoms with Gasteiger partial charge in [-0.05, 0) is 26.6 Å². The predicted octanol–water partition coefficient (Wildman–Crippen LogP) is 2.15. The van der Waals surface area contributed by atoms with E-state index in [2.05, 4.69) is 24.0 Å². The molecule has 0 fully saturated rings. The second kappa shape index (κ2) is 6.64. The second-order valence-corrected chi connectivity index (χ2v) is 3.89. The molecule has 0 saturated carbocycles. The summed E-state index contributed by atoms with van der Waals surface area (Å²) in [5.74, 6) is 1.29. The summed E-state index contributed by atoms with van der Waals surface area (Å²) >= 11 is 5.77. The van der Waals surface area contributed by atoms with Crippen LogP contribution in [-0.2, 0) is 5.88 Å². The molecule has 0 aliphatic carbocycles. The molecule has 0 aliphatic rings. The van der Waals surface area contributed by atoms with Crippen molar-refractivity contribution < 1.29 is 4.74 Å². The quantitative estimate of drug-likeness (QED) is 0.551. The number of pyridine rings is 1. The van der Waals surface area contributed by atoms with Gasteiger partial charge in [0.05, 0.1) is 12.5 Å². The van der Waals surface area contributed by atoms with Crippen molar-refractivity contribution in [3.63, 3.8) is 0 Å². The average molecular weight is 229 g/mol. The van der Waals surface area contributed by atoms with Crippen LogP contribution >= 0.6 is 11.6 Å². The second-order valence-electron chi connectivity index (χ2n) is 3.62. The number of hydrogen-bond donors (Lipinski definition) is 0. The van der Waals surface area contributed by atoms with E-state index in [0.29, 0.717) is 12.5 Å². The highest BCUT2D eigenvalue weighted by atomic mass is 35.5. The fourth-order valence-electron chi connectivity index (χ4n) is 1.22. The van der Waals surface area contributed by atoms with Crippen molar-refractivity contribution in [1.29, 1.82) is 0 Å². The fourth-order valence-corrected chi connectivity index (χ4v) is 1.42. The van der Waals surface area contributed by atoms with Crippen LogP contribution in [0, 0.1) is 0 Å². The van der Waals surface area contributed by atoms with Crippen molar-refractivity contribution >= 4 is 11.6 Å². The Bertz CT molecular complexity index is 292. The molecule has 3 nitrogen and oxygen atoms in total.